The summed E-state index contributed by atoms with van der Waals surface area (Å²) in [4.78, 5) is 14.8. The van der Waals surface area contributed by atoms with Gasteiger partial charge in [-0.2, -0.15) is 0 Å². The van der Waals surface area contributed by atoms with Crippen LogP contribution in [0.4, 0.5) is 5.69 Å². The molecule has 1 N–H and O–H groups in total. The Morgan fingerprint density at radius 3 is 2.32 bits per heavy atom. The average molecular weight is 489 g/mol. The number of morpholine rings is 1. The van der Waals surface area contributed by atoms with Gasteiger partial charge in [0.05, 0.1) is 33.1 Å². The van der Waals surface area contributed by atoms with Crippen LogP contribution in [-0.2, 0) is 14.8 Å². The van der Waals surface area contributed by atoms with Crippen LogP contribution in [0.15, 0.2) is 33.6 Å². The number of carbonyl (C=O) groups is 1. The molecule has 0 aliphatic carbocycles. The first-order valence-corrected chi connectivity index (χ1v) is 12.3. The van der Waals surface area contributed by atoms with E-state index in [1.807, 2.05) is 13.0 Å². The highest BCUT2D eigenvalue weighted by Gasteiger charge is 2.30. The van der Waals surface area contributed by atoms with Gasteiger partial charge in [0.1, 0.15) is 4.90 Å². The second-order valence-electron chi connectivity index (χ2n) is 8.16. The highest BCUT2D eigenvalue weighted by molar-refractivity contribution is 7.93. The number of anilines is 1. The number of fused-ring (bicyclic) bond motifs is 1. The predicted octanol–water partition coefficient (Wildman–Crippen LogP) is 3.65. The molecule has 182 valence electrons. The maximum absolute atomic E-state index is 13.6. The number of ether oxygens (including phenoxy) is 3. The lowest BCUT2D eigenvalue weighted by Crippen LogP contribution is -2.40. The molecule has 0 atom stereocenters. The Morgan fingerprint density at radius 2 is 1.68 bits per heavy atom. The van der Waals surface area contributed by atoms with Gasteiger partial charge >= 0.3 is 0 Å². The van der Waals surface area contributed by atoms with Crippen LogP contribution in [0.1, 0.15) is 27.2 Å². The van der Waals surface area contributed by atoms with Crippen LogP contribution in [0.5, 0.6) is 11.5 Å². The third-order valence-electron chi connectivity index (χ3n) is 6.09. The minimum Gasteiger partial charge on any atom is -0.493 e. The molecule has 1 aliphatic rings. The van der Waals surface area contributed by atoms with Crippen LogP contribution in [-0.4, -0.2) is 59.7 Å². The maximum atomic E-state index is 13.6. The predicted molar refractivity (Wildman–Crippen MR) is 128 cm³/mol. The van der Waals surface area contributed by atoms with Gasteiger partial charge in [0.25, 0.3) is 15.9 Å². The third-order valence-corrected chi connectivity index (χ3v) is 7.62. The number of furan rings is 1. The molecule has 2 aromatic carbocycles. The van der Waals surface area contributed by atoms with E-state index in [1.54, 1.807) is 36.9 Å². The van der Waals surface area contributed by atoms with Crippen molar-refractivity contribution in [1.29, 1.82) is 0 Å². The lowest BCUT2D eigenvalue weighted by Gasteiger charge is -2.26. The molecule has 1 amide bonds. The summed E-state index contributed by atoms with van der Waals surface area (Å²) in [6, 6.07) is 6.60. The first-order chi connectivity index (χ1) is 16.2. The van der Waals surface area contributed by atoms with Crippen molar-refractivity contribution in [2.45, 2.75) is 25.7 Å². The van der Waals surface area contributed by atoms with E-state index in [0.717, 1.165) is 5.56 Å². The molecular formula is C24H28N2O7S. The molecule has 0 radical (unpaired) electrons. The molecule has 3 aromatic rings. The number of sulfonamides is 1. The zero-order valence-corrected chi connectivity index (χ0v) is 20.7. The first kappa shape index (κ1) is 23.9. The molecule has 0 bridgehead atoms. The number of hydrogen-bond donors (Lipinski definition) is 1. The monoisotopic (exact) mass is 488 g/mol. The van der Waals surface area contributed by atoms with Gasteiger partial charge in [-0.1, -0.05) is 0 Å². The number of carbonyl (C=O) groups excluding carboxylic acids is 1. The van der Waals surface area contributed by atoms with E-state index in [0.29, 0.717) is 60.0 Å². The van der Waals surface area contributed by atoms with Crippen molar-refractivity contribution in [2.24, 2.45) is 0 Å². The summed E-state index contributed by atoms with van der Waals surface area (Å²) in [5.74, 6) is 0.738. The molecule has 1 aliphatic heterocycles. The number of aryl methyl sites for hydroxylation is 2. The van der Waals surface area contributed by atoms with Gasteiger partial charge in [-0.3, -0.25) is 9.52 Å². The summed E-state index contributed by atoms with van der Waals surface area (Å²) in [6.45, 7) is 7.15. The fourth-order valence-corrected chi connectivity index (χ4v) is 5.59. The fourth-order valence-electron chi connectivity index (χ4n) is 4.09. The molecule has 0 spiro atoms. The Balaban J connectivity index is 1.81. The van der Waals surface area contributed by atoms with E-state index in [1.165, 1.54) is 14.2 Å². The normalized spacial score (nSPS) is 14.3. The highest BCUT2D eigenvalue weighted by atomic mass is 32.2. The standard InChI is InChI=1S/C24H28N2O7S/c1-14-12-18-16(3)21(24(27)26-8-10-32-11-9-26)33-22(18)23(15(14)2)34(28,29)25-17-6-7-19(30-4)20(13-17)31-5/h6-7,12-13,25H,8-11H2,1-5H3. The quantitative estimate of drug-likeness (QED) is 0.564. The van der Waals surface area contributed by atoms with E-state index in [4.69, 9.17) is 18.6 Å². The number of amides is 1. The van der Waals surface area contributed by atoms with Crippen LogP contribution in [0.3, 0.4) is 0 Å². The summed E-state index contributed by atoms with van der Waals surface area (Å²) >= 11 is 0. The smallest absolute Gasteiger partial charge is 0.290 e. The van der Waals surface area contributed by atoms with Gasteiger partial charge in [0.2, 0.25) is 0 Å². The Labute approximate surface area is 198 Å². The average Bonchev–Trinajstić information content (AvgIpc) is 3.14. The van der Waals surface area contributed by atoms with E-state index in [-0.39, 0.29) is 22.1 Å². The minimum atomic E-state index is -4.08. The Morgan fingerprint density at radius 1 is 1.00 bits per heavy atom. The van der Waals surface area contributed by atoms with E-state index in [9.17, 15) is 13.2 Å². The number of rotatable bonds is 6. The zero-order valence-electron chi connectivity index (χ0n) is 19.9. The van der Waals surface area contributed by atoms with Crippen LogP contribution >= 0.6 is 0 Å². The molecule has 1 fully saturated rings. The Bertz CT molecular complexity index is 1360. The van der Waals surface area contributed by atoms with Crippen molar-refractivity contribution in [3.8, 4) is 11.5 Å². The number of methoxy groups -OCH3 is 2. The maximum Gasteiger partial charge on any atom is 0.290 e. The molecule has 0 saturated carbocycles. The lowest BCUT2D eigenvalue weighted by atomic mass is 10.0. The molecule has 9 nitrogen and oxygen atoms in total. The highest BCUT2D eigenvalue weighted by Crippen LogP contribution is 2.37. The second kappa shape index (κ2) is 9.19. The summed E-state index contributed by atoms with van der Waals surface area (Å²) in [7, 11) is -1.10. The van der Waals surface area contributed by atoms with Gasteiger partial charge in [-0.15, -0.1) is 0 Å². The number of nitrogens with one attached hydrogen (secondary N) is 1. The summed E-state index contributed by atoms with van der Waals surface area (Å²) in [6.07, 6.45) is 0. The third kappa shape index (κ3) is 4.19. The summed E-state index contributed by atoms with van der Waals surface area (Å²) in [5.41, 5.74) is 2.39. The van der Waals surface area contributed by atoms with Crippen molar-refractivity contribution in [3.05, 3.63) is 46.7 Å². The van der Waals surface area contributed by atoms with E-state index in [2.05, 4.69) is 4.72 Å². The van der Waals surface area contributed by atoms with Gasteiger partial charge in [-0.05, 0) is 50.1 Å². The summed E-state index contributed by atoms with van der Waals surface area (Å²) in [5, 5.41) is 0.590. The van der Waals surface area contributed by atoms with Crippen molar-refractivity contribution in [2.75, 3.05) is 45.2 Å². The number of nitrogens with zero attached hydrogens (tertiary/aromatic N) is 1. The van der Waals surface area contributed by atoms with Crippen LogP contribution in [0, 0.1) is 20.8 Å². The Kier molecular flexibility index (Phi) is 6.46. The van der Waals surface area contributed by atoms with Crippen LogP contribution in [0.25, 0.3) is 11.0 Å². The zero-order chi connectivity index (χ0) is 24.6. The Hall–Kier alpha value is -3.24. The minimum absolute atomic E-state index is 0.00131. The SMILES string of the molecule is COc1ccc(NS(=O)(=O)c2c(C)c(C)cc3c(C)c(C(=O)N4CCOCC4)oc23)cc1OC. The summed E-state index contributed by atoms with van der Waals surface area (Å²) < 4.78 is 51.6. The van der Waals surface area contributed by atoms with E-state index < -0.39 is 10.0 Å². The fraction of sp³-hybridized carbons (Fsp3) is 0.375. The van der Waals surface area contributed by atoms with Gasteiger partial charge in [0.15, 0.2) is 22.8 Å². The molecule has 34 heavy (non-hydrogen) atoms. The van der Waals surface area contributed by atoms with Gasteiger partial charge in [0, 0.05) is 30.1 Å². The number of hydrogen-bond acceptors (Lipinski definition) is 7. The molecular weight excluding hydrogens is 460 g/mol. The van der Waals surface area contributed by atoms with Crippen LogP contribution in [0.2, 0.25) is 0 Å². The van der Waals surface area contributed by atoms with Crippen molar-refractivity contribution in [3.63, 3.8) is 0 Å². The molecule has 10 heteroatoms. The number of benzene rings is 2. The van der Waals surface area contributed by atoms with Gasteiger partial charge in [-0.25, -0.2) is 8.42 Å². The molecule has 2 heterocycles. The molecule has 4 rings (SSSR count). The van der Waals surface area contributed by atoms with E-state index >= 15 is 0 Å². The molecule has 1 saturated heterocycles. The molecule has 1 aromatic heterocycles. The topological polar surface area (TPSA) is 107 Å². The van der Waals surface area contributed by atoms with Gasteiger partial charge < -0.3 is 23.5 Å². The first-order valence-electron chi connectivity index (χ1n) is 10.8. The lowest BCUT2D eigenvalue weighted by molar-refractivity contribution is 0.0283. The largest absolute Gasteiger partial charge is 0.493 e. The van der Waals surface area contributed by atoms with Crippen LogP contribution < -0.4 is 14.2 Å². The van der Waals surface area contributed by atoms with Crippen molar-refractivity contribution < 1.29 is 31.8 Å². The second-order valence-corrected chi connectivity index (χ2v) is 9.78. The van der Waals surface area contributed by atoms with Crippen molar-refractivity contribution >= 4 is 32.6 Å². The molecule has 0 unspecified atom stereocenters. The van der Waals surface area contributed by atoms with Crippen molar-refractivity contribution in [1.82, 2.24) is 4.90 Å².